The van der Waals surface area contributed by atoms with E-state index in [2.05, 4.69) is 44.6 Å². The molecule has 0 fully saturated rings. The highest BCUT2D eigenvalue weighted by Crippen LogP contribution is 2.27. The van der Waals surface area contributed by atoms with E-state index in [-0.39, 0.29) is 5.54 Å². The molecule has 0 aliphatic heterocycles. The lowest BCUT2D eigenvalue weighted by molar-refractivity contribution is 0.110. The van der Waals surface area contributed by atoms with Gasteiger partial charge in [0.05, 0.1) is 0 Å². The minimum atomic E-state index is -0.0703. The molecular weight excluding hydrogens is 272 g/mol. The number of hydrogen-bond donors (Lipinski definition) is 1. The van der Waals surface area contributed by atoms with E-state index < -0.39 is 0 Å². The number of halogens is 1. The Hall–Kier alpha value is -0.880. The van der Waals surface area contributed by atoms with Gasteiger partial charge in [0, 0.05) is 5.54 Å². The lowest BCUT2D eigenvalue weighted by Crippen LogP contribution is -2.43. The highest BCUT2D eigenvalue weighted by atomic mass is 79.9. The topological polar surface area (TPSA) is 64.3 Å². The van der Waals surface area contributed by atoms with Crippen molar-refractivity contribution in [3.05, 3.63) is 10.8 Å². The molecule has 0 radical (unpaired) electrons. The molecule has 1 rings (SSSR count). The van der Waals surface area contributed by atoms with Gasteiger partial charge in [0.2, 0.25) is 5.88 Å². The molecule has 0 aliphatic carbocycles. The van der Waals surface area contributed by atoms with Crippen LogP contribution in [0.15, 0.2) is 10.8 Å². The number of likely N-dealkylation sites (N-methyl/N-ethyl adjacent to an activating group) is 1. The number of aromatic nitrogens is 2. The molecule has 0 aromatic carbocycles. The first-order chi connectivity index (χ1) is 7.34. The van der Waals surface area contributed by atoms with Crippen LogP contribution < -0.4 is 10.5 Å². The van der Waals surface area contributed by atoms with E-state index in [1.807, 2.05) is 14.1 Å². The first-order valence-corrected chi connectivity index (χ1v) is 5.70. The molecule has 0 atom stereocenters. The second-order valence-electron chi connectivity index (χ2n) is 4.37. The average molecular weight is 289 g/mol. The third-order valence-electron chi connectivity index (χ3n) is 2.56. The van der Waals surface area contributed by atoms with Crippen LogP contribution in [0.3, 0.4) is 0 Å². The minimum Gasteiger partial charge on any atom is -0.475 e. The Labute approximate surface area is 104 Å². The van der Waals surface area contributed by atoms with Crippen LogP contribution in [0.2, 0.25) is 0 Å². The number of rotatable bonds is 4. The number of ether oxygens (including phenoxy) is 1. The number of anilines is 1. The van der Waals surface area contributed by atoms with Crippen LogP contribution in [0.5, 0.6) is 5.88 Å². The van der Waals surface area contributed by atoms with Gasteiger partial charge < -0.3 is 15.4 Å². The molecule has 2 N–H and O–H groups in total. The molecule has 5 nitrogen and oxygen atoms in total. The van der Waals surface area contributed by atoms with E-state index in [1.54, 1.807) is 0 Å². The summed E-state index contributed by atoms with van der Waals surface area (Å²) < 4.78 is 6.23. The van der Waals surface area contributed by atoms with E-state index in [1.165, 1.54) is 6.33 Å². The molecule has 1 aromatic rings. The summed E-state index contributed by atoms with van der Waals surface area (Å²) in [6, 6.07) is 0. The van der Waals surface area contributed by atoms with Crippen LogP contribution in [-0.2, 0) is 0 Å². The van der Waals surface area contributed by atoms with Crippen molar-refractivity contribution in [1.82, 2.24) is 14.9 Å². The van der Waals surface area contributed by atoms with Gasteiger partial charge in [0.15, 0.2) is 0 Å². The number of hydrogen-bond acceptors (Lipinski definition) is 5. The van der Waals surface area contributed by atoms with Crippen molar-refractivity contribution in [2.45, 2.75) is 19.4 Å². The first kappa shape index (κ1) is 13.2. The Kier molecular flexibility index (Phi) is 4.09. The van der Waals surface area contributed by atoms with E-state index in [9.17, 15) is 0 Å². The molecule has 1 aromatic heterocycles. The van der Waals surface area contributed by atoms with Crippen molar-refractivity contribution in [3.8, 4) is 5.88 Å². The summed E-state index contributed by atoms with van der Waals surface area (Å²) in [5.74, 6) is 0.857. The van der Waals surface area contributed by atoms with E-state index >= 15 is 0 Å². The second kappa shape index (κ2) is 4.97. The summed E-state index contributed by atoms with van der Waals surface area (Å²) in [7, 11) is 4.01. The van der Waals surface area contributed by atoms with Gasteiger partial charge in [-0.1, -0.05) is 0 Å². The zero-order valence-corrected chi connectivity index (χ0v) is 11.6. The fourth-order valence-electron chi connectivity index (χ4n) is 0.841. The maximum Gasteiger partial charge on any atom is 0.233 e. The molecule has 90 valence electrons. The molecular formula is C10H17BrN4O. The first-order valence-electron chi connectivity index (χ1n) is 4.91. The summed E-state index contributed by atoms with van der Waals surface area (Å²) >= 11 is 3.30. The van der Waals surface area contributed by atoms with Crippen molar-refractivity contribution in [1.29, 1.82) is 0 Å². The quantitative estimate of drug-likeness (QED) is 0.911. The molecule has 16 heavy (non-hydrogen) atoms. The van der Waals surface area contributed by atoms with Gasteiger partial charge in [0.25, 0.3) is 0 Å². The fraction of sp³-hybridized carbons (Fsp3) is 0.600. The van der Waals surface area contributed by atoms with Crippen LogP contribution in [0.4, 0.5) is 5.82 Å². The zero-order valence-electron chi connectivity index (χ0n) is 9.99. The number of nitrogen functional groups attached to an aromatic ring is 1. The Morgan fingerprint density at radius 1 is 1.44 bits per heavy atom. The molecule has 0 saturated carbocycles. The molecule has 0 unspecified atom stereocenters. The van der Waals surface area contributed by atoms with Gasteiger partial charge >= 0.3 is 0 Å². The molecule has 1 heterocycles. The van der Waals surface area contributed by atoms with Crippen molar-refractivity contribution in [2.24, 2.45) is 0 Å². The fourth-order valence-corrected chi connectivity index (χ4v) is 1.16. The van der Waals surface area contributed by atoms with Gasteiger partial charge in [-0.15, -0.1) is 0 Å². The van der Waals surface area contributed by atoms with Gasteiger partial charge in [-0.3, -0.25) is 0 Å². The van der Waals surface area contributed by atoms with Gasteiger partial charge in [-0.05, 0) is 43.9 Å². The maximum atomic E-state index is 5.63. The molecule has 0 bridgehead atoms. The van der Waals surface area contributed by atoms with Crippen LogP contribution in [0.1, 0.15) is 13.8 Å². The van der Waals surface area contributed by atoms with Crippen molar-refractivity contribution in [3.63, 3.8) is 0 Å². The van der Waals surface area contributed by atoms with E-state index in [4.69, 9.17) is 10.5 Å². The van der Waals surface area contributed by atoms with Crippen LogP contribution >= 0.6 is 15.9 Å². The zero-order chi connectivity index (χ0) is 12.3. The Bertz CT molecular complexity index is 368. The van der Waals surface area contributed by atoms with Gasteiger partial charge in [-0.2, -0.15) is 0 Å². The Morgan fingerprint density at radius 3 is 2.62 bits per heavy atom. The third kappa shape index (κ3) is 3.05. The van der Waals surface area contributed by atoms with Gasteiger partial charge in [-0.25, -0.2) is 9.97 Å². The average Bonchev–Trinajstić information content (AvgIpc) is 2.20. The highest BCUT2D eigenvalue weighted by Gasteiger charge is 2.22. The largest absolute Gasteiger partial charge is 0.475 e. The Balaban J connectivity index is 2.72. The van der Waals surface area contributed by atoms with E-state index in [0.717, 1.165) is 0 Å². The predicted molar refractivity (Wildman–Crippen MR) is 67.4 cm³/mol. The summed E-state index contributed by atoms with van der Waals surface area (Å²) in [6.45, 7) is 4.70. The second-order valence-corrected chi connectivity index (χ2v) is 5.17. The third-order valence-corrected chi connectivity index (χ3v) is 3.30. The predicted octanol–water partition coefficient (Wildman–Crippen LogP) is 1.54. The van der Waals surface area contributed by atoms with Crippen LogP contribution in [0, 0.1) is 0 Å². The molecule has 0 aliphatic rings. The number of nitrogens with two attached hydrogens (primary N) is 1. The van der Waals surface area contributed by atoms with Gasteiger partial charge in [0.1, 0.15) is 23.2 Å². The summed E-state index contributed by atoms with van der Waals surface area (Å²) in [5, 5.41) is 0. The van der Waals surface area contributed by atoms with Crippen LogP contribution in [-0.4, -0.2) is 41.1 Å². The standard InChI is InChI=1S/C10H17BrN4O/c1-10(2,15(3)4)5-16-9-7(11)8(12)13-6-14-9/h6H,5H2,1-4H3,(H2,12,13,14). The maximum absolute atomic E-state index is 5.63. The van der Waals surface area contributed by atoms with E-state index in [0.29, 0.717) is 22.8 Å². The lowest BCUT2D eigenvalue weighted by atomic mass is 10.1. The SMILES string of the molecule is CN(C)C(C)(C)COc1ncnc(N)c1Br. The van der Waals surface area contributed by atoms with Crippen molar-refractivity contribution < 1.29 is 4.74 Å². The van der Waals surface area contributed by atoms with Crippen LogP contribution in [0.25, 0.3) is 0 Å². The monoisotopic (exact) mass is 288 g/mol. The Morgan fingerprint density at radius 2 is 2.06 bits per heavy atom. The van der Waals surface area contributed by atoms with Crippen molar-refractivity contribution in [2.75, 3.05) is 26.4 Å². The number of nitrogens with zero attached hydrogens (tertiary/aromatic N) is 3. The lowest BCUT2D eigenvalue weighted by Gasteiger charge is -2.31. The van der Waals surface area contributed by atoms with Crippen molar-refractivity contribution >= 4 is 21.7 Å². The summed E-state index contributed by atoms with van der Waals surface area (Å²) in [5.41, 5.74) is 5.56. The molecule has 0 spiro atoms. The molecule has 0 amide bonds. The molecule has 6 heteroatoms. The highest BCUT2D eigenvalue weighted by molar-refractivity contribution is 9.10. The minimum absolute atomic E-state index is 0.0703. The summed E-state index contributed by atoms with van der Waals surface area (Å²) in [6.07, 6.45) is 1.39. The molecule has 0 saturated heterocycles. The normalized spacial score (nSPS) is 11.9. The summed E-state index contributed by atoms with van der Waals surface area (Å²) in [4.78, 5) is 9.96. The smallest absolute Gasteiger partial charge is 0.233 e.